The van der Waals surface area contributed by atoms with E-state index in [1.807, 2.05) is 5.09 Å². The van der Waals surface area contributed by atoms with E-state index < -0.39 is 19.8 Å². The molecule has 0 heterocycles. The molecule has 13 heavy (non-hydrogen) atoms. The van der Waals surface area contributed by atoms with Crippen LogP contribution in [0, 0.1) is 5.92 Å². The summed E-state index contributed by atoms with van der Waals surface area (Å²) in [5, 5.41) is 10.7. The molecule has 0 saturated carbocycles. The van der Waals surface area contributed by atoms with Crippen LogP contribution in [0.25, 0.3) is 0 Å². The van der Waals surface area contributed by atoms with Crippen LogP contribution in [0.1, 0.15) is 13.8 Å². The minimum atomic E-state index is -3.97. The highest BCUT2D eigenvalue weighted by atomic mass is 31.2. The van der Waals surface area contributed by atoms with Gasteiger partial charge in [-0.2, -0.15) is 0 Å². The standard InChI is InChI=1S/C6H14NO5P/c1-4(2)5(6(8)9)7-13(10,11)12-3/h4-5H,1-3H3,(H,8,9)(H2,7,10,11)/t5-/m0/s1. The molecule has 0 rings (SSSR count). The fourth-order valence-corrected chi connectivity index (χ4v) is 1.58. The molecule has 0 aliphatic rings. The third kappa shape index (κ3) is 4.38. The first-order valence-electron chi connectivity index (χ1n) is 3.69. The average molecular weight is 211 g/mol. The summed E-state index contributed by atoms with van der Waals surface area (Å²) in [7, 11) is -2.93. The maximum absolute atomic E-state index is 11.0. The van der Waals surface area contributed by atoms with Crippen molar-refractivity contribution in [3.63, 3.8) is 0 Å². The van der Waals surface area contributed by atoms with Crippen molar-refractivity contribution in [1.29, 1.82) is 0 Å². The van der Waals surface area contributed by atoms with Crippen LogP contribution in [-0.4, -0.2) is 29.1 Å². The van der Waals surface area contributed by atoms with Gasteiger partial charge < -0.3 is 14.5 Å². The van der Waals surface area contributed by atoms with Gasteiger partial charge in [-0.05, 0) is 5.92 Å². The lowest BCUT2D eigenvalue weighted by atomic mass is 10.1. The summed E-state index contributed by atoms with van der Waals surface area (Å²) in [6, 6.07) is -1.09. The number of carboxylic acid groups (broad SMARTS) is 1. The first-order chi connectivity index (χ1) is 5.80. The van der Waals surface area contributed by atoms with Crippen molar-refractivity contribution in [1.82, 2.24) is 5.09 Å². The Hall–Kier alpha value is -0.420. The van der Waals surface area contributed by atoms with Gasteiger partial charge >= 0.3 is 13.7 Å². The number of rotatable bonds is 5. The van der Waals surface area contributed by atoms with Gasteiger partial charge in [0.1, 0.15) is 6.04 Å². The Morgan fingerprint density at radius 2 is 2.00 bits per heavy atom. The van der Waals surface area contributed by atoms with Crippen molar-refractivity contribution in [3.8, 4) is 0 Å². The van der Waals surface area contributed by atoms with E-state index in [0.717, 1.165) is 7.11 Å². The Balaban J connectivity index is 4.44. The number of carbonyl (C=O) groups is 1. The molecule has 0 aromatic heterocycles. The smallest absolute Gasteiger partial charge is 0.403 e. The van der Waals surface area contributed by atoms with Crippen LogP contribution in [0.3, 0.4) is 0 Å². The number of hydrogen-bond donors (Lipinski definition) is 3. The molecule has 7 heteroatoms. The van der Waals surface area contributed by atoms with Crippen molar-refractivity contribution in [2.24, 2.45) is 5.92 Å². The fourth-order valence-electron chi connectivity index (χ4n) is 0.718. The van der Waals surface area contributed by atoms with Gasteiger partial charge in [-0.3, -0.25) is 4.79 Å². The normalized spacial score (nSPS) is 18.2. The predicted octanol–water partition coefficient (Wildman–Crippen LogP) is 0.432. The number of hydrogen-bond acceptors (Lipinski definition) is 3. The molecule has 0 fully saturated rings. The van der Waals surface area contributed by atoms with Crippen LogP contribution >= 0.6 is 7.75 Å². The molecular weight excluding hydrogens is 197 g/mol. The van der Waals surface area contributed by atoms with Crippen molar-refractivity contribution >= 4 is 13.7 Å². The van der Waals surface area contributed by atoms with Gasteiger partial charge in [-0.1, -0.05) is 13.8 Å². The monoisotopic (exact) mass is 211 g/mol. The lowest BCUT2D eigenvalue weighted by Gasteiger charge is -2.20. The van der Waals surface area contributed by atoms with Gasteiger partial charge in [-0.25, -0.2) is 9.65 Å². The molecule has 0 spiro atoms. The molecule has 0 bridgehead atoms. The zero-order valence-corrected chi connectivity index (χ0v) is 8.62. The van der Waals surface area contributed by atoms with E-state index in [2.05, 4.69) is 4.52 Å². The molecule has 0 saturated heterocycles. The largest absolute Gasteiger partial charge is 0.480 e. The summed E-state index contributed by atoms with van der Waals surface area (Å²) in [6.07, 6.45) is 0. The van der Waals surface area contributed by atoms with Crippen LogP contribution in [0.15, 0.2) is 0 Å². The van der Waals surface area contributed by atoms with E-state index in [1.165, 1.54) is 0 Å². The number of carboxylic acids is 1. The average Bonchev–Trinajstić information content (AvgIpc) is 1.99. The molecule has 1 unspecified atom stereocenters. The van der Waals surface area contributed by atoms with E-state index in [1.54, 1.807) is 13.8 Å². The molecular formula is C6H14NO5P. The number of aliphatic carboxylic acids is 1. The van der Waals surface area contributed by atoms with E-state index in [9.17, 15) is 9.36 Å². The van der Waals surface area contributed by atoms with Crippen molar-refractivity contribution in [2.75, 3.05) is 7.11 Å². The molecule has 6 nitrogen and oxygen atoms in total. The fraction of sp³-hybridized carbons (Fsp3) is 0.833. The van der Waals surface area contributed by atoms with Crippen LogP contribution < -0.4 is 5.09 Å². The highest BCUT2D eigenvalue weighted by molar-refractivity contribution is 7.50. The third-order valence-corrected chi connectivity index (χ3v) is 2.58. The van der Waals surface area contributed by atoms with Gasteiger partial charge in [0.2, 0.25) is 0 Å². The third-order valence-electron chi connectivity index (χ3n) is 1.48. The van der Waals surface area contributed by atoms with Crippen molar-refractivity contribution in [2.45, 2.75) is 19.9 Å². The predicted molar refractivity (Wildman–Crippen MR) is 46.2 cm³/mol. The highest BCUT2D eigenvalue weighted by Gasteiger charge is 2.29. The van der Waals surface area contributed by atoms with Crippen molar-refractivity contribution < 1.29 is 23.9 Å². The second-order valence-corrected chi connectivity index (χ2v) is 4.56. The molecule has 0 aliphatic carbocycles. The van der Waals surface area contributed by atoms with E-state index in [4.69, 9.17) is 10.00 Å². The highest BCUT2D eigenvalue weighted by Crippen LogP contribution is 2.36. The molecule has 0 aliphatic heterocycles. The van der Waals surface area contributed by atoms with Crippen LogP contribution in [-0.2, 0) is 13.9 Å². The van der Waals surface area contributed by atoms with Crippen LogP contribution in [0.2, 0.25) is 0 Å². The molecule has 0 aromatic rings. The summed E-state index contributed by atoms with van der Waals surface area (Å²) in [4.78, 5) is 19.5. The Morgan fingerprint density at radius 1 is 1.54 bits per heavy atom. The minimum Gasteiger partial charge on any atom is -0.480 e. The summed E-state index contributed by atoms with van der Waals surface area (Å²) in [5.74, 6) is -1.48. The first kappa shape index (κ1) is 12.6. The van der Waals surface area contributed by atoms with Gasteiger partial charge in [0.25, 0.3) is 0 Å². The van der Waals surface area contributed by atoms with Gasteiger partial charge in [0.15, 0.2) is 0 Å². The van der Waals surface area contributed by atoms with Crippen LogP contribution in [0.4, 0.5) is 0 Å². The van der Waals surface area contributed by atoms with E-state index in [0.29, 0.717) is 0 Å². The lowest BCUT2D eigenvalue weighted by molar-refractivity contribution is -0.140. The maximum Gasteiger partial charge on any atom is 0.403 e. The Kier molecular flexibility index (Phi) is 4.56. The van der Waals surface area contributed by atoms with Gasteiger partial charge in [-0.15, -0.1) is 0 Å². The lowest BCUT2D eigenvalue weighted by Crippen LogP contribution is -2.39. The second kappa shape index (κ2) is 4.72. The summed E-state index contributed by atoms with van der Waals surface area (Å²) < 4.78 is 15.2. The van der Waals surface area contributed by atoms with Gasteiger partial charge in [0, 0.05) is 7.11 Å². The maximum atomic E-state index is 11.0. The summed E-state index contributed by atoms with van der Waals surface area (Å²) in [5.41, 5.74) is 0. The SMILES string of the molecule is COP(=O)(O)N[C@H](C(=O)O)C(C)C. The summed E-state index contributed by atoms with van der Waals surface area (Å²) in [6.45, 7) is 3.25. The quantitative estimate of drug-likeness (QED) is 0.571. The Labute approximate surface area is 76.5 Å². The summed E-state index contributed by atoms with van der Waals surface area (Å²) >= 11 is 0. The molecule has 78 valence electrons. The molecule has 2 atom stereocenters. The van der Waals surface area contributed by atoms with E-state index in [-0.39, 0.29) is 5.92 Å². The molecule has 0 aromatic carbocycles. The molecule has 0 radical (unpaired) electrons. The number of nitrogens with one attached hydrogen (secondary N) is 1. The second-order valence-electron chi connectivity index (χ2n) is 2.89. The zero-order valence-electron chi connectivity index (χ0n) is 7.72. The van der Waals surface area contributed by atoms with E-state index >= 15 is 0 Å². The Bertz CT molecular complexity index is 229. The molecule has 0 amide bonds. The Morgan fingerprint density at radius 3 is 2.23 bits per heavy atom. The van der Waals surface area contributed by atoms with Crippen LogP contribution in [0.5, 0.6) is 0 Å². The zero-order chi connectivity index (χ0) is 10.6. The first-order valence-corrected chi connectivity index (χ1v) is 5.27. The minimum absolute atomic E-state index is 0.298. The topological polar surface area (TPSA) is 95.9 Å². The molecule has 3 N–H and O–H groups in total. The van der Waals surface area contributed by atoms with Gasteiger partial charge in [0.05, 0.1) is 0 Å². The van der Waals surface area contributed by atoms with Crippen molar-refractivity contribution in [3.05, 3.63) is 0 Å².